The minimum absolute atomic E-state index is 0.0329. The third-order valence-corrected chi connectivity index (χ3v) is 3.77. The smallest absolute Gasteiger partial charge is 0.148 e. The Labute approximate surface area is 124 Å². The summed E-state index contributed by atoms with van der Waals surface area (Å²) in [7, 11) is 0. The van der Waals surface area contributed by atoms with E-state index in [1.165, 1.54) is 0 Å². The maximum Gasteiger partial charge on any atom is 0.148 e. The summed E-state index contributed by atoms with van der Waals surface area (Å²) in [4.78, 5) is 6.47. The standard InChI is InChI=1S/C14H21ClN4O/c1-2-8-20-10-4-3-7-19(9-10)14-12(15)11(13(16)17)5-6-18-14/h5-6,10H,2-4,7-9H2,1H3,(H3,16,17). The van der Waals surface area contributed by atoms with Crippen LogP contribution in [0, 0.1) is 5.41 Å². The number of anilines is 1. The Morgan fingerprint density at radius 3 is 3.15 bits per heavy atom. The molecule has 1 aliphatic heterocycles. The summed E-state index contributed by atoms with van der Waals surface area (Å²) in [6.45, 7) is 4.58. The molecule has 2 rings (SSSR count). The summed E-state index contributed by atoms with van der Waals surface area (Å²) in [5.41, 5.74) is 6.07. The highest BCUT2D eigenvalue weighted by Crippen LogP contribution is 2.29. The predicted octanol–water partition coefficient (Wildman–Crippen LogP) is 2.41. The van der Waals surface area contributed by atoms with E-state index in [4.69, 9.17) is 27.5 Å². The summed E-state index contributed by atoms with van der Waals surface area (Å²) in [5, 5.41) is 7.99. The maximum atomic E-state index is 7.54. The molecule has 20 heavy (non-hydrogen) atoms. The molecule has 0 saturated carbocycles. The van der Waals surface area contributed by atoms with E-state index >= 15 is 0 Å². The van der Waals surface area contributed by atoms with Gasteiger partial charge in [0.15, 0.2) is 0 Å². The molecule has 1 aromatic rings. The minimum atomic E-state index is -0.0329. The molecule has 1 saturated heterocycles. The number of nitrogens with two attached hydrogens (primary N) is 1. The van der Waals surface area contributed by atoms with Crippen LogP contribution in [-0.4, -0.2) is 36.6 Å². The van der Waals surface area contributed by atoms with Crippen molar-refractivity contribution in [3.8, 4) is 0 Å². The lowest BCUT2D eigenvalue weighted by Crippen LogP contribution is -2.40. The van der Waals surface area contributed by atoms with Gasteiger partial charge in [0.05, 0.1) is 11.1 Å². The average molecular weight is 297 g/mol. The Balaban J connectivity index is 2.14. The van der Waals surface area contributed by atoms with E-state index in [-0.39, 0.29) is 11.9 Å². The highest BCUT2D eigenvalue weighted by Gasteiger charge is 2.24. The molecule has 1 unspecified atom stereocenters. The van der Waals surface area contributed by atoms with Crippen molar-refractivity contribution < 1.29 is 4.74 Å². The van der Waals surface area contributed by atoms with Crippen molar-refractivity contribution in [1.29, 1.82) is 5.41 Å². The molecular formula is C14H21ClN4O. The van der Waals surface area contributed by atoms with Gasteiger partial charge in [-0.15, -0.1) is 0 Å². The Bertz CT molecular complexity index is 480. The van der Waals surface area contributed by atoms with Crippen molar-refractivity contribution in [3.63, 3.8) is 0 Å². The molecule has 110 valence electrons. The van der Waals surface area contributed by atoms with Crippen LogP contribution < -0.4 is 10.6 Å². The molecule has 0 radical (unpaired) electrons. The molecule has 2 heterocycles. The summed E-state index contributed by atoms with van der Waals surface area (Å²) < 4.78 is 5.82. The number of nitrogens with zero attached hydrogens (tertiary/aromatic N) is 2. The molecule has 1 aromatic heterocycles. The van der Waals surface area contributed by atoms with Crippen LogP contribution in [0.4, 0.5) is 5.82 Å². The quantitative estimate of drug-likeness (QED) is 0.646. The van der Waals surface area contributed by atoms with E-state index < -0.39 is 0 Å². The van der Waals surface area contributed by atoms with Gasteiger partial charge in [0.2, 0.25) is 0 Å². The number of pyridine rings is 1. The first-order valence-corrected chi connectivity index (χ1v) is 7.36. The predicted molar refractivity (Wildman–Crippen MR) is 81.7 cm³/mol. The van der Waals surface area contributed by atoms with Crippen molar-refractivity contribution in [2.45, 2.75) is 32.3 Å². The van der Waals surface area contributed by atoms with Crippen LogP contribution in [0.2, 0.25) is 5.02 Å². The highest BCUT2D eigenvalue weighted by molar-refractivity contribution is 6.36. The zero-order valence-corrected chi connectivity index (χ0v) is 12.5. The minimum Gasteiger partial charge on any atom is -0.384 e. The van der Waals surface area contributed by atoms with Crippen LogP contribution in [0.1, 0.15) is 31.7 Å². The Hall–Kier alpha value is -1.33. The number of amidine groups is 1. The van der Waals surface area contributed by atoms with Gasteiger partial charge in [-0.05, 0) is 25.3 Å². The van der Waals surface area contributed by atoms with Gasteiger partial charge >= 0.3 is 0 Å². The van der Waals surface area contributed by atoms with Gasteiger partial charge in [0, 0.05) is 31.5 Å². The monoisotopic (exact) mass is 296 g/mol. The molecule has 5 nitrogen and oxygen atoms in total. The number of hydrogen-bond acceptors (Lipinski definition) is 4. The van der Waals surface area contributed by atoms with Crippen molar-refractivity contribution in [3.05, 3.63) is 22.8 Å². The van der Waals surface area contributed by atoms with E-state index in [1.807, 2.05) is 0 Å². The first-order chi connectivity index (χ1) is 9.63. The zero-order chi connectivity index (χ0) is 14.5. The third-order valence-electron chi connectivity index (χ3n) is 3.40. The topological polar surface area (TPSA) is 75.2 Å². The fourth-order valence-electron chi connectivity index (χ4n) is 2.41. The van der Waals surface area contributed by atoms with Crippen molar-refractivity contribution in [2.24, 2.45) is 5.73 Å². The Morgan fingerprint density at radius 1 is 1.65 bits per heavy atom. The SMILES string of the molecule is CCCOC1CCCN(c2nccc(C(=N)N)c2Cl)C1. The van der Waals surface area contributed by atoms with Crippen LogP contribution in [-0.2, 0) is 4.74 Å². The molecule has 1 aliphatic rings. The van der Waals surface area contributed by atoms with E-state index in [9.17, 15) is 0 Å². The fraction of sp³-hybridized carbons (Fsp3) is 0.571. The van der Waals surface area contributed by atoms with Gasteiger partial charge in [0.1, 0.15) is 11.7 Å². The van der Waals surface area contributed by atoms with E-state index in [0.29, 0.717) is 16.4 Å². The molecule has 0 amide bonds. The van der Waals surface area contributed by atoms with E-state index in [0.717, 1.165) is 39.0 Å². The van der Waals surface area contributed by atoms with Gasteiger partial charge in [-0.1, -0.05) is 18.5 Å². The maximum absolute atomic E-state index is 7.54. The second-order valence-electron chi connectivity index (χ2n) is 4.99. The molecule has 0 aromatic carbocycles. The van der Waals surface area contributed by atoms with Gasteiger partial charge in [-0.2, -0.15) is 0 Å². The van der Waals surface area contributed by atoms with E-state index in [1.54, 1.807) is 12.3 Å². The number of nitrogens with one attached hydrogen (secondary N) is 1. The summed E-state index contributed by atoms with van der Waals surface area (Å²) in [6.07, 6.45) is 5.02. The molecule has 1 fully saturated rings. The molecule has 6 heteroatoms. The average Bonchev–Trinajstić information content (AvgIpc) is 2.45. The van der Waals surface area contributed by atoms with Crippen LogP contribution in [0.5, 0.6) is 0 Å². The summed E-state index contributed by atoms with van der Waals surface area (Å²) >= 11 is 6.32. The number of aromatic nitrogens is 1. The summed E-state index contributed by atoms with van der Waals surface area (Å²) in [6, 6.07) is 1.67. The highest BCUT2D eigenvalue weighted by atomic mass is 35.5. The second kappa shape index (κ2) is 6.90. The van der Waals surface area contributed by atoms with Crippen LogP contribution in [0.3, 0.4) is 0 Å². The van der Waals surface area contributed by atoms with Gasteiger partial charge < -0.3 is 15.4 Å². The van der Waals surface area contributed by atoms with Gasteiger partial charge in [-0.3, -0.25) is 5.41 Å². The number of piperidine rings is 1. The molecule has 0 bridgehead atoms. The van der Waals surface area contributed by atoms with Gasteiger partial charge in [0.25, 0.3) is 0 Å². The van der Waals surface area contributed by atoms with Crippen molar-refractivity contribution in [2.75, 3.05) is 24.6 Å². The third kappa shape index (κ3) is 3.41. The summed E-state index contributed by atoms with van der Waals surface area (Å²) in [5.74, 6) is 0.665. The largest absolute Gasteiger partial charge is 0.384 e. The van der Waals surface area contributed by atoms with Gasteiger partial charge in [-0.25, -0.2) is 4.98 Å². The van der Waals surface area contributed by atoms with Crippen LogP contribution in [0.25, 0.3) is 0 Å². The number of halogens is 1. The zero-order valence-electron chi connectivity index (χ0n) is 11.7. The first kappa shape index (κ1) is 15.1. The van der Waals surface area contributed by atoms with Crippen molar-refractivity contribution >= 4 is 23.3 Å². The van der Waals surface area contributed by atoms with Crippen molar-refractivity contribution in [1.82, 2.24) is 4.98 Å². The number of nitrogen functional groups attached to an aromatic ring is 1. The second-order valence-corrected chi connectivity index (χ2v) is 5.37. The molecule has 0 aliphatic carbocycles. The molecular weight excluding hydrogens is 276 g/mol. The lowest BCUT2D eigenvalue weighted by molar-refractivity contribution is 0.0439. The normalized spacial score (nSPS) is 19.1. The Morgan fingerprint density at radius 2 is 2.45 bits per heavy atom. The molecule has 1 atom stereocenters. The number of hydrogen-bond donors (Lipinski definition) is 2. The Kier molecular flexibility index (Phi) is 5.20. The fourth-order valence-corrected chi connectivity index (χ4v) is 2.75. The number of rotatable bonds is 5. The van der Waals surface area contributed by atoms with E-state index in [2.05, 4.69) is 16.8 Å². The number of ether oxygens (including phenoxy) is 1. The molecule has 0 spiro atoms. The van der Waals surface area contributed by atoms with Crippen LogP contribution in [0.15, 0.2) is 12.3 Å². The molecule has 3 N–H and O–H groups in total. The lowest BCUT2D eigenvalue weighted by atomic mass is 10.1. The lowest BCUT2D eigenvalue weighted by Gasteiger charge is -2.34. The first-order valence-electron chi connectivity index (χ1n) is 6.99. The van der Waals surface area contributed by atoms with Crippen LogP contribution >= 0.6 is 11.6 Å².